The minimum absolute atomic E-state index is 0.192. The zero-order chi connectivity index (χ0) is 17.2. The van der Waals surface area contributed by atoms with E-state index in [9.17, 15) is 13.2 Å². The van der Waals surface area contributed by atoms with E-state index in [0.29, 0.717) is 25.0 Å². The van der Waals surface area contributed by atoms with E-state index in [1.807, 2.05) is 24.3 Å². The first-order valence-corrected chi connectivity index (χ1v) is 9.43. The number of hydrogen-bond acceptors (Lipinski definition) is 3. The van der Waals surface area contributed by atoms with Gasteiger partial charge in [0.05, 0.1) is 15.5 Å². The molecule has 0 saturated heterocycles. The molecule has 0 fully saturated rings. The summed E-state index contributed by atoms with van der Waals surface area (Å²) < 4.78 is 26.1. The average molecular weight is 341 g/mol. The molecule has 1 N–H and O–H groups in total. The first-order chi connectivity index (χ1) is 11.5. The molecule has 0 saturated carbocycles. The lowest BCUT2D eigenvalue weighted by Gasteiger charge is -2.24. The second kappa shape index (κ2) is 6.61. The number of hydrogen-bond donors (Lipinski definition) is 1. The molecule has 2 aromatic carbocycles. The summed E-state index contributed by atoms with van der Waals surface area (Å²) in [5.41, 5.74) is 2.27. The molecule has 124 valence electrons. The van der Waals surface area contributed by atoms with Gasteiger partial charge >= 0.3 is 0 Å². The van der Waals surface area contributed by atoms with E-state index < -0.39 is 9.84 Å². The largest absolute Gasteiger partial charge is 0.325 e. The van der Waals surface area contributed by atoms with Gasteiger partial charge in [-0.3, -0.25) is 4.79 Å². The van der Waals surface area contributed by atoms with Crippen LogP contribution in [0.15, 0.2) is 64.4 Å². The Hall–Kier alpha value is -2.40. The normalized spacial score (nSPS) is 14.2. The van der Waals surface area contributed by atoms with E-state index in [1.54, 1.807) is 37.3 Å². The monoisotopic (exact) mass is 341 g/mol. The molecule has 1 amide bonds. The standard InChI is InChI=1S/C19H19NO3S/c1-2-18(21)20-19-16-11-7-6-8-14(16)12-13-17(19)24(22,23)15-9-4-3-5-10-15/h3-11H,2,12-13H2,1H3,(H,20,21). The summed E-state index contributed by atoms with van der Waals surface area (Å²) in [7, 11) is -3.64. The van der Waals surface area contributed by atoms with Gasteiger partial charge < -0.3 is 5.32 Å². The molecule has 0 heterocycles. The van der Waals surface area contributed by atoms with E-state index in [2.05, 4.69) is 5.32 Å². The number of nitrogens with one attached hydrogen (secondary N) is 1. The minimum Gasteiger partial charge on any atom is -0.325 e. The van der Waals surface area contributed by atoms with Crippen LogP contribution >= 0.6 is 0 Å². The summed E-state index contributed by atoms with van der Waals surface area (Å²) in [6.07, 6.45) is 1.32. The first kappa shape index (κ1) is 16.5. The smallest absolute Gasteiger partial charge is 0.224 e. The van der Waals surface area contributed by atoms with Crippen LogP contribution in [0.4, 0.5) is 0 Å². The summed E-state index contributed by atoms with van der Waals surface area (Å²) in [4.78, 5) is 12.5. The maximum absolute atomic E-state index is 13.1. The fourth-order valence-corrected chi connectivity index (χ4v) is 4.48. The highest BCUT2D eigenvalue weighted by Crippen LogP contribution is 2.35. The highest BCUT2D eigenvalue weighted by atomic mass is 32.2. The van der Waals surface area contributed by atoms with Gasteiger partial charge in [0.25, 0.3) is 0 Å². The van der Waals surface area contributed by atoms with Crippen LogP contribution in [0, 0.1) is 0 Å². The summed E-state index contributed by atoms with van der Waals surface area (Å²) in [5, 5.41) is 2.81. The molecule has 0 bridgehead atoms. The molecule has 24 heavy (non-hydrogen) atoms. The van der Waals surface area contributed by atoms with E-state index in [4.69, 9.17) is 0 Å². The van der Waals surface area contributed by atoms with Crippen molar-refractivity contribution in [3.63, 3.8) is 0 Å². The number of sulfone groups is 1. The Bertz CT molecular complexity index is 899. The van der Waals surface area contributed by atoms with Crippen molar-refractivity contribution in [1.29, 1.82) is 0 Å². The van der Waals surface area contributed by atoms with Crippen LogP contribution in [0.2, 0.25) is 0 Å². The van der Waals surface area contributed by atoms with Gasteiger partial charge in [-0.2, -0.15) is 0 Å². The van der Waals surface area contributed by atoms with E-state index in [-0.39, 0.29) is 15.7 Å². The molecule has 0 atom stereocenters. The molecule has 2 aromatic rings. The number of aryl methyl sites for hydroxylation is 1. The van der Waals surface area contributed by atoms with Crippen molar-refractivity contribution in [2.24, 2.45) is 0 Å². The maximum Gasteiger partial charge on any atom is 0.224 e. The molecule has 0 aliphatic heterocycles. The summed E-state index contributed by atoms with van der Waals surface area (Å²) >= 11 is 0. The topological polar surface area (TPSA) is 63.2 Å². The van der Waals surface area contributed by atoms with Crippen LogP contribution in [-0.4, -0.2) is 14.3 Å². The van der Waals surface area contributed by atoms with Gasteiger partial charge in [-0.25, -0.2) is 8.42 Å². The summed E-state index contributed by atoms with van der Waals surface area (Å²) in [6.45, 7) is 1.75. The van der Waals surface area contributed by atoms with Gasteiger partial charge in [0.1, 0.15) is 0 Å². The molecular formula is C19H19NO3S. The van der Waals surface area contributed by atoms with Crippen LogP contribution in [0.25, 0.3) is 5.70 Å². The van der Waals surface area contributed by atoms with Crippen molar-refractivity contribution in [3.8, 4) is 0 Å². The van der Waals surface area contributed by atoms with Crippen LogP contribution in [0.3, 0.4) is 0 Å². The molecule has 0 aromatic heterocycles. The average Bonchev–Trinajstić information content (AvgIpc) is 2.62. The molecule has 3 rings (SSSR count). The number of allylic oxidation sites excluding steroid dienone is 1. The van der Waals surface area contributed by atoms with Gasteiger partial charge in [0, 0.05) is 12.0 Å². The Morgan fingerprint density at radius 2 is 1.67 bits per heavy atom. The minimum atomic E-state index is -3.64. The van der Waals surface area contributed by atoms with Crippen molar-refractivity contribution in [2.45, 2.75) is 31.1 Å². The zero-order valence-electron chi connectivity index (χ0n) is 13.5. The zero-order valence-corrected chi connectivity index (χ0v) is 14.3. The van der Waals surface area contributed by atoms with Gasteiger partial charge in [0.15, 0.2) is 0 Å². The highest BCUT2D eigenvalue weighted by Gasteiger charge is 2.29. The lowest BCUT2D eigenvalue weighted by molar-refractivity contribution is -0.119. The number of benzene rings is 2. The molecular weight excluding hydrogens is 322 g/mol. The van der Waals surface area contributed by atoms with Gasteiger partial charge in [-0.1, -0.05) is 49.4 Å². The van der Waals surface area contributed by atoms with Crippen molar-refractivity contribution >= 4 is 21.4 Å². The van der Waals surface area contributed by atoms with Crippen molar-refractivity contribution < 1.29 is 13.2 Å². The number of carbonyl (C=O) groups excluding carboxylic acids is 1. The highest BCUT2D eigenvalue weighted by molar-refractivity contribution is 7.95. The van der Waals surface area contributed by atoms with Gasteiger partial charge in [0.2, 0.25) is 15.7 Å². The van der Waals surface area contributed by atoms with Crippen molar-refractivity contribution in [3.05, 3.63) is 70.6 Å². The molecule has 1 aliphatic rings. The van der Waals surface area contributed by atoms with Crippen molar-refractivity contribution in [1.82, 2.24) is 5.32 Å². The fourth-order valence-electron chi connectivity index (χ4n) is 2.88. The van der Waals surface area contributed by atoms with Crippen LogP contribution in [0.5, 0.6) is 0 Å². The lowest BCUT2D eigenvalue weighted by Crippen LogP contribution is -2.26. The third-order valence-electron chi connectivity index (χ3n) is 4.15. The Balaban J connectivity index is 2.19. The predicted octanol–water partition coefficient (Wildman–Crippen LogP) is 3.30. The first-order valence-electron chi connectivity index (χ1n) is 7.95. The molecule has 4 nitrogen and oxygen atoms in total. The Labute approximate surface area is 142 Å². The third-order valence-corrected chi connectivity index (χ3v) is 6.10. The molecule has 5 heteroatoms. The summed E-state index contributed by atoms with van der Waals surface area (Å²) in [5.74, 6) is -0.192. The van der Waals surface area contributed by atoms with E-state index >= 15 is 0 Å². The fraction of sp³-hybridized carbons (Fsp3) is 0.211. The van der Waals surface area contributed by atoms with Gasteiger partial charge in [-0.15, -0.1) is 0 Å². The lowest BCUT2D eigenvalue weighted by atomic mass is 9.94. The van der Waals surface area contributed by atoms with Crippen LogP contribution in [0.1, 0.15) is 30.9 Å². The molecule has 0 spiro atoms. The van der Waals surface area contributed by atoms with Crippen LogP contribution in [-0.2, 0) is 21.1 Å². The number of amides is 1. The SMILES string of the molecule is CCC(=O)NC1=C(S(=O)(=O)c2ccccc2)CCc2ccccc21. The molecule has 0 unspecified atom stereocenters. The van der Waals surface area contributed by atoms with Crippen molar-refractivity contribution in [2.75, 3.05) is 0 Å². The van der Waals surface area contributed by atoms with Crippen LogP contribution < -0.4 is 5.32 Å². The Morgan fingerprint density at radius 1 is 1.00 bits per heavy atom. The molecule has 1 aliphatic carbocycles. The number of carbonyl (C=O) groups is 1. The quantitative estimate of drug-likeness (QED) is 0.928. The maximum atomic E-state index is 13.1. The molecule has 0 radical (unpaired) electrons. The third kappa shape index (κ3) is 2.99. The predicted molar refractivity (Wildman–Crippen MR) is 93.7 cm³/mol. The van der Waals surface area contributed by atoms with E-state index in [0.717, 1.165) is 11.1 Å². The Kier molecular flexibility index (Phi) is 4.53. The van der Waals surface area contributed by atoms with Gasteiger partial charge in [-0.05, 0) is 30.5 Å². The second-order valence-electron chi connectivity index (χ2n) is 5.67. The second-order valence-corrected chi connectivity index (χ2v) is 7.64. The summed E-state index contributed by atoms with van der Waals surface area (Å²) in [6, 6.07) is 16.0. The number of fused-ring (bicyclic) bond motifs is 1. The van der Waals surface area contributed by atoms with E-state index in [1.165, 1.54) is 0 Å². The Morgan fingerprint density at radius 3 is 2.38 bits per heavy atom. The number of rotatable bonds is 4.